The summed E-state index contributed by atoms with van der Waals surface area (Å²) < 4.78 is 5.26. The molecule has 3 aromatic rings. The summed E-state index contributed by atoms with van der Waals surface area (Å²) in [5.41, 5.74) is 8.28. The summed E-state index contributed by atoms with van der Waals surface area (Å²) in [4.78, 5) is 16.4. The summed E-state index contributed by atoms with van der Waals surface area (Å²) in [6, 6.07) is 10.4. The van der Waals surface area contributed by atoms with E-state index < -0.39 is 0 Å². The van der Waals surface area contributed by atoms with Crippen molar-refractivity contribution >= 4 is 23.3 Å². The van der Waals surface area contributed by atoms with Gasteiger partial charge in [0.1, 0.15) is 17.3 Å². The standard InChI is InChI=1S/C17H16ClN5O2/c1-25-10-2-4-13(18)12(8-10)11-3-5-16(19)22-15(11)9-20-17(24)14-6-7-21-23-14/h2-8H,9H2,1H3,(H2,19,22)(H,20,24)(H,21,23). The van der Waals surface area contributed by atoms with Gasteiger partial charge in [-0.15, -0.1) is 0 Å². The lowest BCUT2D eigenvalue weighted by Crippen LogP contribution is -2.24. The van der Waals surface area contributed by atoms with Crippen molar-refractivity contribution in [3.8, 4) is 16.9 Å². The van der Waals surface area contributed by atoms with Crippen LogP contribution in [-0.4, -0.2) is 28.2 Å². The zero-order valence-corrected chi connectivity index (χ0v) is 14.2. The number of amides is 1. The highest BCUT2D eigenvalue weighted by molar-refractivity contribution is 6.33. The lowest BCUT2D eigenvalue weighted by Gasteiger charge is -2.13. The van der Waals surface area contributed by atoms with Gasteiger partial charge in [-0.1, -0.05) is 11.6 Å². The first-order valence-electron chi connectivity index (χ1n) is 7.45. The number of carbonyl (C=O) groups is 1. The first-order valence-corrected chi connectivity index (χ1v) is 7.83. The van der Waals surface area contributed by atoms with Gasteiger partial charge in [0.05, 0.1) is 19.3 Å². The average molecular weight is 358 g/mol. The highest BCUT2D eigenvalue weighted by atomic mass is 35.5. The van der Waals surface area contributed by atoms with Crippen molar-refractivity contribution in [2.24, 2.45) is 0 Å². The average Bonchev–Trinajstić information content (AvgIpc) is 3.15. The molecule has 0 unspecified atom stereocenters. The van der Waals surface area contributed by atoms with E-state index >= 15 is 0 Å². The number of carbonyl (C=O) groups excluding carboxylic acids is 1. The van der Waals surface area contributed by atoms with E-state index in [0.717, 1.165) is 11.1 Å². The minimum absolute atomic E-state index is 0.186. The summed E-state index contributed by atoms with van der Waals surface area (Å²) in [5, 5.41) is 9.70. The number of benzene rings is 1. The molecule has 0 bridgehead atoms. The van der Waals surface area contributed by atoms with Crippen LogP contribution in [0.15, 0.2) is 42.6 Å². The number of ether oxygens (including phenoxy) is 1. The number of H-pyrrole nitrogens is 1. The van der Waals surface area contributed by atoms with E-state index in [1.54, 1.807) is 31.4 Å². The number of hydrogen-bond donors (Lipinski definition) is 3. The van der Waals surface area contributed by atoms with Crippen LogP contribution >= 0.6 is 11.6 Å². The molecule has 0 saturated carbocycles. The lowest BCUT2D eigenvalue weighted by atomic mass is 10.0. The number of nitrogens with two attached hydrogens (primary N) is 1. The number of rotatable bonds is 5. The number of nitrogens with zero attached hydrogens (tertiary/aromatic N) is 2. The fourth-order valence-electron chi connectivity index (χ4n) is 2.38. The Kier molecular flexibility index (Phi) is 4.85. The lowest BCUT2D eigenvalue weighted by molar-refractivity contribution is 0.0945. The summed E-state index contributed by atoms with van der Waals surface area (Å²) >= 11 is 6.33. The van der Waals surface area contributed by atoms with E-state index in [1.807, 2.05) is 12.1 Å². The second-order valence-electron chi connectivity index (χ2n) is 5.23. The predicted molar refractivity (Wildman–Crippen MR) is 95.4 cm³/mol. The molecule has 8 heteroatoms. The number of nitrogen functional groups attached to an aromatic ring is 1. The Balaban J connectivity index is 1.92. The fraction of sp³-hybridized carbons (Fsp3) is 0.118. The second kappa shape index (κ2) is 7.23. The number of aromatic nitrogens is 3. The number of halogens is 1. The van der Waals surface area contributed by atoms with E-state index in [9.17, 15) is 4.79 Å². The Morgan fingerprint density at radius 1 is 1.28 bits per heavy atom. The van der Waals surface area contributed by atoms with Crippen LogP contribution < -0.4 is 15.8 Å². The van der Waals surface area contributed by atoms with E-state index in [1.165, 1.54) is 6.20 Å². The molecule has 0 radical (unpaired) electrons. The third-order valence-corrected chi connectivity index (χ3v) is 3.95. The topological polar surface area (TPSA) is 106 Å². The molecule has 0 aliphatic rings. The summed E-state index contributed by atoms with van der Waals surface area (Å²) in [5.74, 6) is 0.738. The quantitative estimate of drug-likeness (QED) is 0.651. The molecule has 7 nitrogen and oxygen atoms in total. The van der Waals surface area contributed by atoms with E-state index in [-0.39, 0.29) is 12.5 Å². The minimum Gasteiger partial charge on any atom is -0.497 e. The van der Waals surface area contributed by atoms with Crippen molar-refractivity contribution in [3.05, 3.63) is 59.0 Å². The van der Waals surface area contributed by atoms with E-state index in [0.29, 0.717) is 28.0 Å². The van der Waals surface area contributed by atoms with Crippen LogP contribution in [0.1, 0.15) is 16.2 Å². The van der Waals surface area contributed by atoms with Gasteiger partial charge in [-0.05, 0) is 36.4 Å². The first-order chi connectivity index (χ1) is 12.1. The molecule has 0 aliphatic heterocycles. The van der Waals surface area contributed by atoms with Crippen molar-refractivity contribution in [2.75, 3.05) is 12.8 Å². The van der Waals surface area contributed by atoms with Crippen molar-refractivity contribution in [2.45, 2.75) is 6.54 Å². The molecule has 1 aromatic carbocycles. The van der Waals surface area contributed by atoms with Crippen LogP contribution in [0.2, 0.25) is 5.02 Å². The third-order valence-electron chi connectivity index (χ3n) is 3.62. The zero-order chi connectivity index (χ0) is 17.8. The van der Waals surface area contributed by atoms with E-state index in [2.05, 4.69) is 20.5 Å². The van der Waals surface area contributed by atoms with Gasteiger partial charge in [0.15, 0.2) is 0 Å². The maximum absolute atomic E-state index is 12.1. The summed E-state index contributed by atoms with van der Waals surface area (Å²) in [7, 11) is 1.58. The molecule has 0 atom stereocenters. The van der Waals surface area contributed by atoms with Crippen LogP contribution in [0.3, 0.4) is 0 Å². The van der Waals surface area contributed by atoms with Gasteiger partial charge in [-0.2, -0.15) is 5.10 Å². The van der Waals surface area contributed by atoms with Gasteiger partial charge in [-0.25, -0.2) is 4.98 Å². The molecule has 0 saturated heterocycles. The van der Waals surface area contributed by atoms with Crippen molar-refractivity contribution in [1.29, 1.82) is 0 Å². The highest BCUT2D eigenvalue weighted by Gasteiger charge is 2.14. The number of aromatic amines is 1. The van der Waals surface area contributed by atoms with Gasteiger partial charge in [-0.3, -0.25) is 9.89 Å². The predicted octanol–water partition coefficient (Wildman–Crippen LogP) is 2.65. The molecule has 0 spiro atoms. The van der Waals surface area contributed by atoms with Crippen LogP contribution in [0.4, 0.5) is 5.82 Å². The van der Waals surface area contributed by atoms with Crippen molar-refractivity contribution in [1.82, 2.24) is 20.5 Å². The van der Waals surface area contributed by atoms with Crippen LogP contribution in [0, 0.1) is 0 Å². The maximum Gasteiger partial charge on any atom is 0.269 e. The molecule has 3 rings (SSSR count). The Morgan fingerprint density at radius 3 is 2.84 bits per heavy atom. The number of anilines is 1. The summed E-state index contributed by atoms with van der Waals surface area (Å²) in [6.45, 7) is 0.186. The Labute approximate surface area is 149 Å². The van der Waals surface area contributed by atoms with Crippen LogP contribution in [-0.2, 0) is 6.54 Å². The van der Waals surface area contributed by atoms with Gasteiger partial charge in [0.25, 0.3) is 5.91 Å². The van der Waals surface area contributed by atoms with Crippen LogP contribution in [0.25, 0.3) is 11.1 Å². The second-order valence-corrected chi connectivity index (χ2v) is 5.64. The van der Waals surface area contributed by atoms with Gasteiger partial charge in [0.2, 0.25) is 0 Å². The molecular formula is C17H16ClN5O2. The Bertz CT molecular complexity index is 896. The molecule has 0 fully saturated rings. The maximum atomic E-state index is 12.1. The Morgan fingerprint density at radius 2 is 2.12 bits per heavy atom. The molecule has 25 heavy (non-hydrogen) atoms. The van der Waals surface area contributed by atoms with E-state index in [4.69, 9.17) is 22.1 Å². The molecule has 1 amide bonds. The first kappa shape index (κ1) is 16.8. The normalized spacial score (nSPS) is 10.5. The molecular weight excluding hydrogens is 342 g/mol. The Hall–Kier alpha value is -3.06. The smallest absolute Gasteiger partial charge is 0.269 e. The largest absolute Gasteiger partial charge is 0.497 e. The van der Waals surface area contributed by atoms with Gasteiger partial charge < -0.3 is 15.8 Å². The summed E-state index contributed by atoms with van der Waals surface area (Å²) in [6.07, 6.45) is 1.51. The van der Waals surface area contributed by atoms with Crippen molar-refractivity contribution in [3.63, 3.8) is 0 Å². The number of hydrogen-bond acceptors (Lipinski definition) is 5. The minimum atomic E-state index is -0.288. The SMILES string of the molecule is COc1ccc(Cl)c(-c2ccc(N)nc2CNC(=O)c2ccn[nH]2)c1. The van der Waals surface area contributed by atoms with Crippen molar-refractivity contribution < 1.29 is 9.53 Å². The fourth-order valence-corrected chi connectivity index (χ4v) is 2.60. The molecule has 2 aromatic heterocycles. The van der Waals surface area contributed by atoms with Gasteiger partial charge in [0, 0.05) is 22.3 Å². The molecule has 128 valence electrons. The number of pyridine rings is 1. The number of nitrogens with one attached hydrogen (secondary N) is 2. The van der Waals surface area contributed by atoms with Crippen LogP contribution in [0.5, 0.6) is 5.75 Å². The molecule has 0 aliphatic carbocycles. The van der Waals surface area contributed by atoms with Gasteiger partial charge >= 0.3 is 0 Å². The molecule has 2 heterocycles. The number of methoxy groups -OCH3 is 1. The monoisotopic (exact) mass is 357 g/mol. The third kappa shape index (κ3) is 3.72. The zero-order valence-electron chi connectivity index (χ0n) is 13.4. The molecule has 4 N–H and O–H groups in total. The highest BCUT2D eigenvalue weighted by Crippen LogP contribution is 2.33.